The minimum Gasteiger partial charge on any atom is -0.494 e. The van der Waals surface area contributed by atoms with Crippen molar-refractivity contribution in [1.82, 2.24) is 0 Å². The highest BCUT2D eigenvalue weighted by Crippen LogP contribution is 2.27. The Morgan fingerprint density at radius 2 is 1.81 bits per heavy atom. The van der Waals surface area contributed by atoms with Crippen molar-refractivity contribution in [2.45, 2.75) is 26.3 Å². The zero-order valence-corrected chi connectivity index (χ0v) is 14.0. The summed E-state index contributed by atoms with van der Waals surface area (Å²) >= 11 is 3.55. The number of rotatable bonds is 4. The molecule has 21 heavy (non-hydrogen) atoms. The molecule has 0 heterocycles. The smallest absolute Gasteiger partial charge is 0.165 e. The van der Waals surface area contributed by atoms with Crippen LogP contribution in [0.3, 0.4) is 0 Å². The van der Waals surface area contributed by atoms with Crippen LogP contribution in [-0.2, 0) is 6.42 Å². The van der Waals surface area contributed by atoms with Gasteiger partial charge >= 0.3 is 0 Å². The summed E-state index contributed by atoms with van der Waals surface area (Å²) < 4.78 is 19.7. The van der Waals surface area contributed by atoms with Crippen LogP contribution in [0.5, 0.6) is 5.75 Å². The van der Waals surface area contributed by atoms with Gasteiger partial charge in [0.2, 0.25) is 0 Å². The largest absolute Gasteiger partial charge is 0.494 e. The predicted molar refractivity (Wildman–Crippen MR) is 87.2 cm³/mol. The van der Waals surface area contributed by atoms with Crippen molar-refractivity contribution in [3.63, 3.8) is 0 Å². The average molecular weight is 352 g/mol. The van der Waals surface area contributed by atoms with E-state index in [1.165, 1.54) is 13.2 Å². The van der Waals surface area contributed by atoms with Crippen LogP contribution in [0, 0.1) is 19.7 Å². The van der Waals surface area contributed by atoms with Crippen LogP contribution in [0.15, 0.2) is 34.8 Å². The van der Waals surface area contributed by atoms with Crippen molar-refractivity contribution < 1.29 is 9.13 Å². The minimum absolute atomic E-state index is 0.164. The van der Waals surface area contributed by atoms with E-state index in [0.717, 1.165) is 26.7 Å². The van der Waals surface area contributed by atoms with Crippen molar-refractivity contribution in [1.29, 1.82) is 0 Å². The van der Waals surface area contributed by atoms with Crippen molar-refractivity contribution >= 4 is 15.9 Å². The van der Waals surface area contributed by atoms with Crippen molar-refractivity contribution in [2.24, 2.45) is 5.73 Å². The molecule has 0 radical (unpaired) electrons. The van der Waals surface area contributed by atoms with E-state index in [0.29, 0.717) is 6.42 Å². The maximum absolute atomic E-state index is 13.7. The molecule has 0 aliphatic rings. The van der Waals surface area contributed by atoms with Gasteiger partial charge in [-0.2, -0.15) is 0 Å². The third kappa shape index (κ3) is 3.63. The second-order valence-corrected chi connectivity index (χ2v) is 6.04. The molecule has 0 amide bonds. The topological polar surface area (TPSA) is 35.2 Å². The molecule has 0 aliphatic carbocycles. The highest BCUT2D eigenvalue weighted by molar-refractivity contribution is 9.10. The summed E-state index contributed by atoms with van der Waals surface area (Å²) in [5, 5.41) is 0. The maximum atomic E-state index is 13.7. The van der Waals surface area contributed by atoms with Gasteiger partial charge in [-0.1, -0.05) is 34.1 Å². The number of halogens is 2. The van der Waals surface area contributed by atoms with Gasteiger partial charge in [0.15, 0.2) is 11.6 Å². The molecule has 0 saturated heterocycles. The summed E-state index contributed by atoms with van der Waals surface area (Å²) in [6, 6.07) is 8.94. The number of benzene rings is 2. The molecule has 1 unspecified atom stereocenters. The summed E-state index contributed by atoms with van der Waals surface area (Å²) in [5.74, 6) is -0.104. The number of ether oxygens (including phenoxy) is 1. The fourth-order valence-corrected chi connectivity index (χ4v) is 2.63. The van der Waals surface area contributed by atoms with Gasteiger partial charge in [0.05, 0.1) is 7.11 Å². The van der Waals surface area contributed by atoms with E-state index in [1.807, 2.05) is 19.9 Å². The molecule has 2 nitrogen and oxygen atoms in total. The van der Waals surface area contributed by atoms with Crippen LogP contribution in [-0.4, -0.2) is 7.11 Å². The summed E-state index contributed by atoms with van der Waals surface area (Å²) in [5.41, 5.74) is 10.5. The Morgan fingerprint density at radius 1 is 1.19 bits per heavy atom. The van der Waals surface area contributed by atoms with E-state index in [2.05, 4.69) is 28.1 Å². The van der Waals surface area contributed by atoms with E-state index in [4.69, 9.17) is 10.5 Å². The van der Waals surface area contributed by atoms with Crippen molar-refractivity contribution in [3.8, 4) is 5.75 Å². The molecule has 2 aromatic rings. The molecule has 2 aromatic carbocycles. The second kappa shape index (κ2) is 6.58. The lowest BCUT2D eigenvalue weighted by atomic mass is 9.96. The zero-order chi connectivity index (χ0) is 15.6. The summed E-state index contributed by atoms with van der Waals surface area (Å²) in [7, 11) is 1.46. The minimum atomic E-state index is -0.356. The molecular formula is C17H19BrFNO. The fourth-order valence-electron chi connectivity index (χ4n) is 2.40. The SMILES string of the molecule is COc1ccc(CC(N)c2cc(C)c(Br)c(C)c2)cc1F. The first-order chi connectivity index (χ1) is 9.92. The second-order valence-electron chi connectivity index (χ2n) is 5.25. The third-order valence-corrected chi connectivity index (χ3v) is 4.81. The molecule has 0 aliphatic heterocycles. The highest BCUT2D eigenvalue weighted by atomic mass is 79.9. The van der Waals surface area contributed by atoms with Gasteiger partial charge in [0.1, 0.15) is 0 Å². The Labute approximate surface area is 133 Å². The molecule has 0 saturated carbocycles. The Kier molecular flexibility index (Phi) is 5.01. The van der Waals surface area contributed by atoms with Gasteiger partial charge in [-0.15, -0.1) is 0 Å². The van der Waals surface area contributed by atoms with Crippen LogP contribution in [0.25, 0.3) is 0 Å². The van der Waals surface area contributed by atoms with Gasteiger partial charge in [-0.05, 0) is 54.7 Å². The van der Waals surface area contributed by atoms with Gasteiger partial charge in [-0.25, -0.2) is 4.39 Å². The standard InChI is InChI=1S/C17H19BrFNO/c1-10-6-13(7-11(2)17(10)18)15(20)9-12-4-5-16(21-3)14(19)8-12/h4-8,15H,9,20H2,1-3H3. The van der Waals surface area contributed by atoms with Crippen molar-refractivity contribution in [3.05, 3.63) is 62.9 Å². The van der Waals surface area contributed by atoms with Crippen LogP contribution < -0.4 is 10.5 Å². The molecule has 1 atom stereocenters. The molecule has 0 fully saturated rings. The van der Waals surface area contributed by atoms with Crippen LogP contribution >= 0.6 is 15.9 Å². The Morgan fingerprint density at radius 3 is 2.33 bits per heavy atom. The Balaban J connectivity index is 2.21. The lowest BCUT2D eigenvalue weighted by molar-refractivity contribution is 0.386. The molecule has 112 valence electrons. The van der Waals surface area contributed by atoms with E-state index < -0.39 is 0 Å². The first-order valence-electron chi connectivity index (χ1n) is 6.77. The Hall–Kier alpha value is -1.39. The molecule has 0 spiro atoms. The monoisotopic (exact) mass is 351 g/mol. The van der Waals surface area contributed by atoms with Gasteiger partial charge in [0, 0.05) is 10.5 Å². The predicted octanol–water partition coefficient (Wildman–Crippen LogP) is 4.46. The molecule has 4 heteroatoms. The lowest BCUT2D eigenvalue weighted by Gasteiger charge is -2.15. The fraction of sp³-hybridized carbons (Fsp3) is 0.294. The highest BCUT2D eigenvalue weighted by Gasteiger charge is 2.12. The van der Waals surface area contributed by atoms with E-state index in [1.54, 1.807) is 6.07 Å². The van der Waals surface area contributed by atoms with Crippen LogP contribution in [0.4, 0.5) is 4.39 Å². The quantitative estimate of drug-likeness (QED) is 0.882. The van der Waals surface area contributed by atoms with Gasteiger partial charge < -0.3 is 10.5 Å². The average Bonchev–Trinajstić information content (AvgIpc) is 2.44. The summed E-state index contributed by atoms with van der Waals surface area (Å²) in [6.45, 7) is 4.08. The molecule has 0 bridgehead atoms. The maximum Gasteiger partial charge on any atom is 0.165 e. The lowest BCUT2D eigenvalue weighted by Crippen LogP contribution is -2.14. The number of nitrogens with two attached hydrogens (primary N) is 1. The molecule has 0 aromatic heterocycles. The number of aryl methyl sites for hydroxylation is 2. The number of hydrogen-bond acceptors (Lipinski definition) is 2. The summed E-state index contributed by atoms with van der Waals surface area (Å²) in [4.78, 5) is 0. The van der Waals surface area contributed by atoms with Crippen LogP contribution in [0.1, 0.15) is 28.3 Å². The van der Waals surface area contributed by atoms with E-state index in [-0.39, 0.29) is 17.6 Å². The van der Waals surface area contributed by atoms with Gasteiger partial charge in [0.25, 0.3) is 0 Å². The number of methoxy groups -OCH3 is 1. The first kappa shape index (κ1) is 16.0. The van der Waals surface area contributed by atoms with Gasteiger partial charge in [-0.3, -0.25) is 0 Å². The zero-order valence-electron chi connectivity index (χ0n) is 12.4. The molecule has 2 N–H and O–H groups in total. The van der Waals surface area contributed by atoms with E-state index in [9.17, 15) is 4.39 Å². The normalized spacial score (nSPS) is 12.3. The molecule has 2 rings (SSSR count). The third-order valence-electron chi connectivity index (χ3n) is 3.56. The van der Waals surface area contributed by atoms with E-state index >= 15 is 0 Å². The Bertz CT molecular complexity index is 634. The van der Waals surface area contributed by atoms with Crippen molar-refractivity contribution in [2.75, 3.05) is 7.11 Å². The number of hydrogen-bond donors (Lipinski definition) is 1. The van der Waals surface area contributed by atoms with Crippen LogP contribution in [0.2, 0.25) is 0 Å². The summed E-state index contributed by atoms with van der Waals surface area (Å²) in [6.07, 6.45) is 0.585. The molecular weight excluding hydrogens is 333 g/mol. The first-order valence-corrected chi connectivity index (χ1v) is 7.56.